The molecule has 31 heavy (non-hydrogen) atoms. The minimum absolute atomic E-state index is 0.125. The van der Waals surface area contributed by atoms with Gasteiger partial charge in [0.25, 0.3) is 5.91 Å². The third kappa shape index (κ3) is 2.31. The zero-order valence-corrected chi connectivity index (χ0v) is 18.4. The van der Waals surface area contributed by atoms with Gasteiger partial charge in [-0.3, -0.25) is 14.4 Å². The van der Waals surface area contributed by atoms with E-state index in [2.05, 4.69) is 5.32 Å². The topological polar surface area (TPSA) is 70.9 Å². The summed E-state index contributed by atoms with van der Waals surface area (Å²) in [6.07, 6.45) is 1.66. The Morgan fingerprint density at radius 3 is 2.55 bits per heavy atom. The van der Waals surface area contributed by atoms with Crippen LogP contribution in [0.15, 0.2) is 36.4 Å². The molecule has 9 heteroatoms. The predicted molar refractivity (Wildman–Crippen MR) is 117 cm³/mol. The third-order valence-electron chi connectivity index (χ3n) is 7.33. The number of fused-ring (bicyclic) bond motifs is 7. The predicted octanol–water partition coefficient (Wildman–Crippen LogP) is 2.66. The molecule has 2 aromatic rings. The Balaban J connectivity index is 1.58. The Morgan fingerprint density at radius 1 is 1.00 bits per heavy atom. The smallest absolute Gasteiger partial charge is 0.291 e. The van der Waals surface area contributed by atoms with Crippen LogP contribution in [-0.2, 0) is 19.9 Å². The first-order chi connectivity index (χ1) is 14.9. The highest BCUT2D eigenvalue weighted by Gasteiger charge is 2.78. The fraction of sp³-hybridized carbons (Fsp3) is 0.318. The average Bonchev–Trinajstić information content (AvgIpc) is 3.43. The molecular formula is C22H17Cl3N3O3+. The van der Waals surface area contributed by atoms with E-state index in [4.69, 9.17) is 34.8 Å². The first-order valence-electron chi connectivity index (χ1n) is 10.2. The third-order valence-corrected chi connectivity index (χ3v) is 8.12. The minimum atomic E-state index is -1.18. The summed E-state index contributed by atoms with van der Waals surface area (Å²) in [5, 5.41) is 4.06. The summed E-state index contributed by atoms with van der Waals surface area (Å²) in [7, 11) is 0. The first-order valence-corrected chi connectivity index (χ1v) is 11.3. The number of hydrogen-bond acceptors (Lipinski definition) is 3. The van der Waals surface area contributed by atoms with Gasteiger partial charge in [0, 0.05) is 28.5 Å². The number of nitrogens with one attached hydrogen (secondary N) is 2. The van der Waals surface area contributed by atoms with Crippen LogP contribution in [-0.4, -0.2) is 30.3 Å². The number of carbonyl (C=O) groups excluding carboxylic acids is 3. The van der Waals surface area contributed by atoms with E-state index >= 15 is 0 Å². The molecule has 0 aliphatic carbocycles. The van der Waals surface area contributed by atoms with Gasteiger partial charge < -0.3 is 10.2 Å². The van der Waals surface area contributed by atoms with Gasteiger partial charge in [-0.05, 0) is 36.4 Å². The number of amides is 3. The number of halogens is 3. The fourth-order valence-corrected chi connectivity index (χ4v) is 6.87. The molecule has 3 fully saturated rings. The molecule has 3 amide bonds. The zero-order chi connectivity index (χ0) is 21.7. The van der Waals surface area contributed by atoms with E-state index < -0.39 is 23.3 Å². The van der Waals surface area contributed by atoms with Gasteiger partial charge in [0.15, 0.2) is 0 Å². The zero-order valence-electron chi connectivity index (χ0n) is 16.1. The molecule has 158 valence electrons. The molecule has 4 aliphatic rings. The minimum Gasteiger partial charge on any atom is -0.320 e. The lowest BCUT2D eigenvalue weighted by molar-refractivity contribution is -0.948. The summed E-state index contributed by atoms with van der Waals surface area (Å²) < 4.78 is 0. The second kappa shape index (κ2) is 6.45. The number of benzene rings is 2. The van der Waals surface area contributed by atoms with E-state index in [1.54, 1.807) is 30.3 Å². The molecule has 6 nitrogen and oxygen atoms in total. The molecule has 5 atom stereocenters. The first kappa shape index (κ1) is 19.6. The van der Waals surface area contributed by atoms with Crippen LogP contribution in [0.5, 0.6) is 0 Å². The second-order valence-electron chi connectivity index (χ2n) is 8.59. The van der Waals surface area contributed by atoms with Crippen molar-refractivity contribution in [1.82, 2.24) is 0 Å². The lowest BCUT2D eigenvalue weighted by atomic mass is 9.75. The van der Waals surface area contributed by atoms with Crippen molar-refractivity contribution in [1.29, 1.82) is 0 Å². The Bertz CT molecular complexity index is 1200. The van der Waals surface area contributed by atoms with Crippen molar-refractivity contribution in [2.24, 2.45) is 11.8 Å². The SMILES string of the molecule is O=C1[C@H]2[C@@H](C(=O)N1c1cc(Cl)ccc1Cl)[C@@]1(C(=O)Nc3ccc(Cl)cc31)[NH+]1CCC[C@@H]21. The number of carbonyl (C=O) groups is 3. The van der Waals surface area contributed by atoms with E-state index in [0.717, 1.165) is 29.2 Å². The lowest BCUT2D eigenvalue weighted by Crippen LogP contribution is -3.19. The molecule has 0 radical (unpaired) electrons. The van der Waals surface area contributed by atoms with Gasteiger partial charge in [0.1, 0.15) is 17.9 Å². The van der Waals surface area contributed by atoms with Crippen molar-refractivity contribution in [2.45, 2.75) is 24.4 Å². The summed E-state index contributed by atoms with van der Waals surface area (Å²) in [6, 6.07) is 9.79. The van der Waals surface area contributed by atoms with Crippen LogP contribution in [0.4, 0.5) is 11.4 Å². The highest BCUT2D eigenvalue weighted by molar-refractivity contribution is 6.38. The Morgan fingerprint density at radius 2 is 1.74 bits per heavy atom. The van der Waals surface area contributed by atoms with Crippen LogP contribution < -0.4 is 15.1 Å². The van der Waals surface area contributed by atoms with Crippen molar-refractivity contribution in [2.75, 3.05) is 16.8 Å². The number of quaternary nitrogens is 1. The highest BCUT2D eigenvalue weighted by atomic mass is 35.5. The normalized spacial score (nSPS) is 33.1. The molecule has 1 spiro atoms. The lowest BCUT2D eigenvalue weighted by Gasteiger charge is -2.33. The molecular weight excluding hydrogens is 461 g/mol. The van der Waals surface area contributed by atoms with Crippen LogP contribution >= 0.6 is 34.8 Å². The monoisotopic (exact) mass is 476 g/mol. The van der Waals surface area contributed by atoms with Gasteiger partial charge in [-0.25, -0.2) is 4.90 Å². The number of imide groups is 1. The maximum Gasteiger partial charge on any atom is 0.291 e. The molecule has 6 rings (SSSR count). The number of anilines is 2. The number of rotatable bonds is 1. The average molecular weight is 478 g/mol. The van der Waals surface area contributed by atoms with Gasteiger partial charge >= 0.3 is 0 Å². The summed E-state index contributed by atoms with van der Waals surface area (Å²) in [5.41, 5.74) is 0.420. The van der Waals surface area contributed by atoms with E-state index in [1.165, 1.54) is 6.07 Å². The largest absolute Gasteiger partial charge is 0.320 e. The van der Waals surface area contributed by atoms with Crippen molar-refractivity contribution in [3.63, 3.8) is 0 Å². The van der Waals surface area contributed by atoms with E-state index in [0.29, 0.717) is 21.3 Å². The van der Waals surface area contributed by atoms with Crippen molar-refractivity contribution in [3.05, 3.63) is 57.0 Å². The molecule has 2 aromatic carbocycles. The van der Waals surface area contributed by atoms with Crippen molar-refractivity contribution < 1.29 is 19.3 Å². The van der Waals surface area contributed by atoms with E-state index in [9.17, 15) is 14.4 Å². The van der Waals surface area contributed by atoms with Crippen molar-refractivity contribution in [3.8, 4) is 0 Å². The summed E-state index contributed by atoms with van der Waals surface area (Å²) >= 11 is 18.8. The van der Waals surface area contributed by atoms with Crippen LogP contribution in [0.2, 0.25) is 15.1 Å². The maximum absolute atomic E-state index is 13.9. The molecule has 0 aromatic heterocycles. The molecule has 2 N–H and O–H groups in total. The van der Waals surface area contributed by atoms with Gasteiger partial charge in [-0.2, -0.15) is 0 Å². The molecule has 3 saturated heterocycles. The van der Waals surface area contributed by atoms with E-state index in [-0.39, 0.29) is 28.6 Å². The number of hydrogen-bond donors (Lipinski definition) is 2. The van der Waals surface area contributed by atoms with Crippen LogP contribution in [0, 0.1) is 11.8 Å². The molecule has 0 bridgehead atoms. The number of nitrogens with zero attached hydrogens (tertiary/aromatic N) is 1. The molecule has 4 aliphatic heterocycles. The van der Waals surface area contributed by atoms with E-state index in [1.807, 2.05) is 0 Å². The molecule has 0 saturated carbocycles. The fourth-order valence-electron chi connectivity index (χ4n) is 6.33. The van der Waals surface area contributed by atoms with Crippen LogP contribution in [0.1, 0.15) is 18.4 Å². The van der Waals surface area contributed by atoms with Crippen molar-refractivity contribution >= 4 is 63.9 Å². The van der Waals surface area contributed by atoms with Crippen LogP contribution in [0.3, 0.4) is 0 Å². The molecule has 4 heterocycles. The Hall–Kier alpha value is -2.12. The van der Waals surface area contributed by atoms with Gasteiger partial charge in [0.05, 0.1) is 22.9 Å². The van der Waals surface area contributed by atoms with Crippen LogP contribution in [0.25, 0.3) is 0 Å². The summed E-state index contributed by atoms with van der Waals surface area (Å²) in [4.78, 5) is 43.2. The molecule has 1 unspecified atom stereocenters. The summed E-state index contributed by atoms with van der Waals surface area (Å²) in [5.74, 6) is -2.40. The van der Waals surface area contributed by atoms with Gasteiger partial charge in [-0.15, -0.1) is 0 Å². The highest BCUT2D eigenvalue weighted by Crippen LogP contribution is 2.53. The summed E-state index contributed by atoms with van der Waals surface area (Å²) in [6.45, 7) is 0.718. The Kier molecular flexibility index (Phi) is 4.07. The van der Waals surface area contributed by atoms with Gasteiger partial charge in [-0.1, -0.05) is 34.8 Å². The second-order valence-corrected chi connectivity index (χ2v) is 9.87. The maximum atomic E-state index is 13.9. The standard InChI is InChI=1S/C22H16Cl3N3O3/c23-10-4-6-14-12(8-10)22(21(31)26-14)18-17(15-2-1-7-27(15)22)19(29)28(20(18)30)16-9-11(24)3-5-13(16)25/h3-6,8-9,15,17-18H,1-2,7H2,(H,26,31)/p+1/t15-,17+,18-,22-/m0/s1. The Labute approximate surface area is 193 Å². The quantitative estimate of drug-likeness (QED) is 0.621. The van der Waals surface area contributed by atoms with Gasteiger partial charge in [0.2, 0.25) is 17.4 Å².